The summed E-state index contributed by atoms with van der Waals surface area (Å²) in [5.41, 5.74) is 0.791. The van der Waals surface area contributed by atoms with Gasteiger partial charge < -0.3 is 15.0 Å². The molecule has 1 aromatic rings. The van der Waals surface area contributed by atoms with E-state index < -0.39 is 6.04 Å². The van der Waals surface area contributed by atoms with Gasteiger partial charge >= 0.3 is 0 Å². The van der Waals surface area contributed by atoms with Gasteiger partial charge in [0.15, 0.2) is 0 Å². The first kappa shape index (κ1) is 29.1. The van der Waals surface area contributed by atoms with E-state index >= 15 is 0 Å². The lowest BCUT2D eigenvalue weighted by atomic mass is 10.1. The second-order valence-electron chi connectivity index (χ2n) is 5.38. The predicted molar refractivity (Wildman–Crippen MR) is 114 cm³/mol. The molecule has 0 saturated carbocycles. The molecule has 0 bridgehead atoms. The molecule has 4 nitrogen and oxygen atoms in total. The van der Waals surface area contributed by atoms with Crippen LogP contribution in [0, 0.1) is 0 Å². The number of hydrogen-bond donors (Lipinski definition) is 1. The molecule has 1 heterocycles. The minimum atomic E-state index is -0.524. The summed E-state index contributed by atoms with van der Waals surface area (Å²) in [6.07, 6.45) is 6.74. The zero-order chi connectivity index (χ0) is 20.6. The first-order valence-electron chi connectivity index (χ1n) is 10.1. The molecule has 1 fully saturated rings. The van der Waals surface area contributed by atoms with Crippen molar-refractivity contribution in [3.8, 4) is 0 Å². The van der Waals surface area contributed by atoms with Crippen LogP contribution in [-0.2, 0) is 9.59 Å². The van der Waals surface area contributed by atoms with Crippen LogP contribution in [0.25, 0.3) is 0 Å². The molecular weight excluding hydrogens is 324 g/mol. The standard InChI is InChI=1S/C9H9NO2.C6H13N.C3H8.2C2H6/c11-6-9(10-7-12)8-4-2-1-3-5-8;1-7-5-3-2-4-6-7;1-3-2;2*1-2/h1-7,9H,(H,10,12);2-6H2,1H3;3H2,1-2H3;2*1-2H3. The summed E-state index contributed by atoms with van der Waals surface area (Å²) < 4.78 is 0. The van der Waals surface area contributed by atoms with Crippen LogP contribution < -0.4 is 5.32 Å². The Morgan fingerprint density at radius 1 is 0.962 bits per heavy atom. The number of benzene rings is 1. The Morgan fingerprint density at radius 3 is 1.73 bits per heavy atom. The van der Waals surface area contributed by atoms with Crippen LogP contribution in [0.2, 0.25) is 0 Å². The quantitative estimate of drug-likeness (QED) is 0.741. The van der Waals surface area contributed by atoms with Crippen molar-refractivity contribution in [1.82, 2.24) is 10.2 Å². The van der Waals surface area contributed by atoms with E-state index in [-0.39, 0.29) is 0 Å². The zero-order valence-electron chi connectivity index (χ0n) is 18.1. The summed E-state index contributed by atoms with van der Waals surface area (Å²) >= 11 is 0. The molecule has 1 N–H and O–H groups in total. The third kappa shape index (κ3) is 18.7. The first-order chi connectivity index (χ1) is 12.7. The molecule has 0 spiro atoms. The zero-order valence-corrected chi connectivity index (χ0v) is 18.1. The number of likely N-dealkylation sites (tertiary alicyclic amines) is 1. The fourth-order valence-corrected chi connectivity index (χ4v) is 2.00. The number of carbonyl (C=O) groups is 2. The topological polar surface area (TPSA) is 49.4 Å². The van der Waals surface area contributed by atoms with Crippen LogP contribution in [0.4, 0.5) is 0 Å². The Morgan fingerprint density at radius 2 is 1.42 bits per heavy atom. The summed E-state index contributed by atoms with van der Waals surface area (Å²) in [6, 6.07) is 8.54. The number of carbonyl (C=O) groups excluding carboxylic acids is 2. The lowest BCUT2D eigenvalue weighted by Crippen LogP contribution is -2.24. The lowest BCUT2D eigenvalue weighted by molar-refractivity contribution is -0.115. The fourth-order valence-electron chi connectivity index (χ4n) is 2.00. The number of amides is 1. The van der Waals surface area contributed by atoms with Gasteiger partial charge in [-0.2, -0.15) is 0 Å². The average molecular weight is 367 g/mol. The van der Waals surface area contributed by atoms with Crippen LogP contribution in [0.15, 0.2) is 30.3 Å². The molecule has 0 aliphatic carbocycles. The molecule has 1 amide bonds. The van der Waals surface area contributed by atoms with Gasteiger partial charge in [-0.3, -0.25) is 4.79 Å². The van der Waals surface area contributed by atoms with Crippen molar-refractivity contribution in [1.29, 1.82) is 0 Å². The fraction of sp³-hybridized carbons (Fsp3) is 0.636. The SMILES string of the molecule is CC.CC.CCC.CN1CCCCC1.O=CNC(C=O)c1ccccc1. The summed E-state index contributed by atoms with van der Waals surface area (Å²) in [4.78, 5) is 22.9. The van der Waals surface area contributed by atoms with Crippen LogP contribution in [0.5, 0.6) is 0 Å². The monoisotopic (exact) mass is 366 g/mol. The van der Waals surface area contributed by atoms with E-state index in [9.17, 15) is 9.59 Å². The summed E-state index contributed by atoms with van der Waals surface area (Å²) in [5, 5.41) is 2.40. The van der Waals surface area contributed by atoms with E-state index in [0.717, 1.165) is 5.56 Å². The van der Waals surface area contributed by atoms with Gasteiger partial charge in [0.25, 0.3) is 0 Å². The van der Waals surface area contributed by atoms with Gasteiger partial charge in [0.1, 0.15) is 12.3 Å². The third-order valence-electron chi connectivity index (χ3n) is 3.12. The van der Waals surface area contributed by atoms with E-state index in [1.54, 1.807) is 12.1 Å². The normalized spacial score (nSPS) is 13.3. The van der Waals surface area contributed by atoms with Crippen molar-refractivity contribution < 1.29 is 9.59 Å². The van der Waals surface area contributed by atoms with E-state index in [1.165, 1.54) is 38.8 Å². The van der Waals surface area contributed by atoms with Gasteiger partial charge in [-0.1, -0.05) is 84.7 Å². The molecule has 1 aromatic carbocycles. The number of piperidine rings is 1. The maximum atomic E-state index is 10.5. The van der Waals surface area contributed by atoms with Gasteiger partial charge in [-0.25, -0.2) is 0 Å². The van der Waals surface area contributed by atoms with E-state index in [0.29, 0.717) is 12.7 Å². The molecule has 26 heavy (non-hydrogen) atoms. The molecule has 2 rings (SSSR count). The highest BCUT2D eigenvalue weighted by molar-refractivity contribution is 5.66. The average Bonchev–Trinajstić information content (AvgIpc) is 2.71. The molecule has 1 aliphatic rings. The number of aldehydes is 1. The summed E-state index contributed by atoms with van der Waals surface area (Å²) in [6.45, 7) is 14.9. The number of nitrogens with one attached hydrogen (secondary N) is 1. The van der Waals surface area contributed by atoms with E-state index in [1.807, 2.05) is 45.9 Å². The first-order valence-corrected chi connectivity index (χ1v) is 10.1. The van der Waals surface area contributed by atoms with Gasteiger partial charge in [-0.05, 0) is 38.5 Å². The summed E-state index contributed by atoms with van der Waals surface area (Å²) in [7, 11) is 2.19. The number of rotatable bonds is 4. The van der Waals surface area contributed by atoms with Crippen molar-refractivity contribution in [2.24, 2.45) is 0 Å². The smallest absolute Gasteiger partial charge is 0.207 e. The van der Waals surface area contributed by atoms with Crippen molar-refractivity contribution in [3.05, 3.63) is 35.9 Å². The Labute approximate surface area is 162 Å². The molecule has 0 radical (unpaired) electrons. The van der Waals surface area contributed by atoms with Crippen molar-refractivity contribution in [3.63, 3.8) is 0 Å². The maximum absolute atomic E-state index is 10.5. The van der Waals surface area contributed by atoms with Crippen LogP contribution >= 0.6 is 0 Å². The molecule has 1 saturated heterocycles. The van der Waals surface area contributed by atoms with Gasteiger partial charge in [0.2, 0.25) is 6.41 Å². The minimum absolute atomic E-state index is 0.520. The van der Waals surface area contributed by atoms with Crippen molar-refractivity contribution in [2.75, 3.05) is 20.1 Å². The van der Waals surface area contributed by atoms with Gasteiger partial charge in [-0.15, -0.1) is 0 Å². The predicted octanol–water partition coefficient (Wildman–Crippen LogP) is 5.24. The number of hydrogen-bond acceptors (Lipinski definition) is 3. The third-order valence-corrected chi connectivity index (χ3v) is 3.12. The molecule has 152 valence electrons. The Balaban J connectivity index is -0.000000321. The van der Waals surface area contributed by atoms with Crippen LogP contribution in [0.1, 0.15) is 78.8 Å². The second-order valence-corrected chi connectivity index (χ2v) is 5.38. The van der Waals surface area contributed by atoms with E-state index in [2.05, 4.69) is 31.1 Å². The van der Waals surface area contributed by atoms with Gasteiger partial charge in [0, 0.05) is 0 Å². The number of nitrogens with zero attached hydrogens (tertiary/aromatic N) is 1. The Bertz CT molecular complexity index is 377. The molecule has 0 aromatic heterocycles. The largest absolute Gasteiger partial charge is 0.345 e. The van der Waals surface area contributed by atoms with E-state index in [4.69, 9.17) is 0 Å². The molecular formula is C22H42N2O2. The Kier molecular flexibility index (Phi) is 28.6. The van der Waals surface area contributed by atoms with Crippen LogP contribution in [0.3, 0.4) is 0 Å². The molecule has 1 aliphatic heterocycles. The van der Waals surface area contributed by atoms with Gasteiger partial charge in [0.05, 0.1) is 0 Å². The van der Waals surface area contributed by atoms with Crippen molar-refractivity contribution >= 4 is 12.7 Å². The minimum Gasteiger partial charge on any atom is -0.345 e. The second kappa shape index (κ2) is 25.6. The Hall–Kier alpha value is -1.68. The summed E-state index contributed by atoms with van der Waals surface area (Å²) in [5.74, 6) is 0. The highest BCUT2D eigenvalue weighted by Gasteiger charge is 2.06. The van der Waals surface area contributed by atoms with Crippen LogP contribution in [-0.4, -0.2) is 37.7 Å². The molecule has 1 atom stereocenters. The van der Waals surface area contributed by atoms with Crippen molar-refractivity contribution in [2.45, 2.75) is 73.3 Å². The highest BCUT2D eigenvalue weighted by Crippen LogP contribution is 2.08. The maximum Gasteiger partial charge on any atom is 0.207 e. The lowest BCUT2D eigenvalue weighted by Gasteiger charge is -2.20. The molecule has 4 heteroatoms. The highest BCUT2D eigenvalue weighted by atomic mass is 16.1. The molecule has 1 unspecified atom stereocenters.